The van der Waals surface area contributed by atoms with E-state index in [1.54, 1.807) is 0 Å². The fraction of sp³-hybridized carbons (Fsp3) is 0.909. The molecule has 1 rings (SSSR count). The minimum atomic E-state index is -0.556. The second-order valence-corrected chi connectivity index (χ2v) is 8.81. The molecule has 1 amide bonds. The monoisotopic (exact) mass is 229 g/mol. The molecule has 0 aromatic rings. The predicted molar refractivity (Wildman–Crippen MR) is 64.6 cm³/mol. The molecule has 0 aromatic carbocycles. The van der Waals surface area contributed by atoms with E-state index in [0.29, 0.717) is 11.5 Å². The van der Waals surface area contributed by atoms with Crippen molar-refractivity contribution in [3.05, 3.63) is 0 Å². The van der Waals surface area contributed by atoms with Gasteiger partial charge in [-0.1, -0.05) is 20.8 Å². The molecule has 1 atom stereocenters. The predicted octanol–water partition coefficient (Wildman–Crippen LogP) is 1.36. The standard InChI is InChI=1S/C11H23NO2Si/c1-10(2,3)15-14-11(4,5)8-6-7-9(13)12-8/h8H,6-7,15H2,1-5H3,(H,12,13)/t8-/m1/s1. The first-order valence-corrected chi connectivity index (χ1v) is 6.92. The Morgan fingerprint density at radius 2 is 1.93 bits per heavy atom. The van der Waals surface area contributed by atoms with Crippen LogP contribution in [0, 0.1) is 0 Å². The molecule has 15 heavy (non-hydrogen) atoms. The molecule has 0 radical (unpaired) electrons. The number of hydrogen-bond acceptors (Lipinski definition) is 2. The molecule has 0 saturated carbocycles. The maximum atomic E-state index is 11.1. The molecule has 1 saturated heterocycles. The summed E-state index contributed by atoms with van der Waals surface area (Å²) in [5, 5.41) is 3.29. The summed E-state index contributed by atoms with van der Waals surface area (Å²) in [5.74, 6) is 0.161. The van der Waals surface area contributed by atoms with Crippen molar-refractivity contribution in [1.29, 1.82) is 0 Å². The first-order chi connectivity index (χ1) is 6.71. The number of rotatable bonds is 3. The second-order valence-electron chi connectivity index (χ2n) is 6.11. The van der Waals surface area contributed by atoms with Gasteiger partial charge >= 0.3 is 0 Å². The van der Waals surface area contributed by atoms with Gasteiger partial charge in [0, 0.05) is 6.42 Å². The highest BCUT2D eigenvalue weighted by atomic mass is 28.2. The average Bonchev–Trinajstić information content (AvgIpc) is 2.48. The molecule has 0 spiro atoms. The summed E-state index contributed by atoms with van der Waals surface area (Å²) in [7, 11) is -0.556. The molecule has 0 aliphatic carbocycles. The first-order valence-electron chi connectivity index (χ1n) is 5.64. The third kappa shape index (κ3) is 3.95. The van der Waals surface area contributed by atoms with E-state index in [-0.39, 0.29) is 17.6 Å². The van der Waals surface area contributed by atoms with Gasteiger partial charge in [0.25, 0.3) is 0 Å². The van der Waals surface area contributed by atoms with E-state index in [9.17, 15) is 4.79 Å². The lowest BCUT2D eigenvalue weighted by molar-refractivity contribution is -0.119. The molecule has 0 aromatic heterocycles. The minimum absolute atomic E-state index is 0.161. The van der Waals surface area contributed by atoms with Crippen molar-refractivity contribution < 1.29 is 9.22 Å². The van der Waals surface area contributed by atoms with Crippen LogP contribution in [0.4, 0.5) is 0 Å². The molecule has 4 heteroatoms. The van der Waals surface area contributed by atoms with Gasteiger partial charge in [0.2, 0.25) is 5.91 Å². The molecule has 1 aliphatic heterocycles. The van der Waals surface area contributed by atoms with E-state index in [0.717, 1.165) is 6.42 Å². The molecule has 0 bridgehead atoms. The molecule has 0 unspecified atom stereocenters. The van der Waals surface area contributed by atoms with Gasteiger partial charge in [0.1, 0.15) is 0 Å². The lowest BCUT2D eigenvalue weighted by Crippen LogP contribution is -2.47. The summed E-state index contributed by atoms with van der Waals surface area (Å²) in [6.45, 7) is 10.8. The van der Waals surface area contributed by atoms with Crippen molar-refractivity contribution in [1.82, 2.24) is 5.32 Å². The van der Waals surface area contributed by atoms with Crippen molar-refractivity contribution >= 4 is 15.7 Å². The summed E-state index contributed by atoms with van der Waals surface area (Å²) < 4.78 is 6.05. The van der Waals surface area contributed by atoms with Crippen LogP contribution in [0.15, 0.2) is 0 Å². The largest absolute Gasteiger partial charge is 0.416 e. The van der Waals surface area contributed by atoms with Crippen molar-refractivity contribution in [3.8, 4) is 0 Å². The maximum Gasteiger partial charge on any atom is 0.220 e. The fourth-order valence-electron chi connectivity index (χ4n) is 1.64. The van der Waals surface area contributed by atoms with Crippen molar-refractivity contribution in [2.45, 2.75) is 64.1 Å². The zero-order valence-electron chi connectivity index (χ0n) is 10.5. The zero-order chi connectivity index (χ0) is 11.7. The van der Waals surface area contributed by atoms with Gasteiger partial charge in [-0.25, -0.2) is 0 Å². The Morgan fingerprint density at radius 1 is 1.33 bits per heavy atom. The zero-order valence-corrected chi connectivity index (χ0v) is 11.9. The average molecular weight is 229 g/mol. The van der Waals surface area contributed by atoms with Crippen molar-refractivity contribution in [2.75, 3.05) is 0 Å². The van der Waals surface area contributed by atoms with E-state index in [4.69, 9.17) is 4.43 Å². The lowest BCUT2D eigenvalue weighted by Gasteiger charge is -2.34. The van der Waals surface area contributed by atoms with Crippen molar-refractivity contribution in [3.63, 3.8) is 0 Å². The van der Waals surface area contributed by atoms with E-state index in [1.165, 1.54) is 0 Å². The minimum Gasteiger partial charge on any atom is -0.416 e. The summed E-state index contributed by atoms with van der Waals surface area (Å²) in [6.07, 6.45) is 1.55. The van der Waals surface area contributed by atoms with Crippen LogP contribution in [0.5, 0.6) is 0 Å². The Bertz CT molecular complexity index is 245. The highest BCUT2D eigenvalue weighted by Crippen LogP contribution is 2.27. The van der Waals surface area contributed by atoms with E-state index in [1.807, 2.05) is 0 Å². The normalized spacial score (nSPS) is 23.8. The molecule has 1 N–H and O–H groups in total. The van der Waals surface area contributed by atoms with Gasteiger partial charge in [-0.15, -0.1) is 0 Å². The highest BCUT2D eigenvalue weighted by Gasteiger charge is 2.36. The van der Waals surface area contributed by atoms with Gasteiger partial charge < -0.3 is 9.74 Å². The molecule has 3 nitrogen and oxygen atoms in total. The van der Waals surface area contributed by atoms with Crippen LogP contribution in [-0.2, 0) is 9.22 Å². The van der Waals surface area contributed by atoms with Gasteiger partial charge in [0.15, 0.2) is 9.76 Å². The molecular formula is C11H23NO2Si. The van der Waals surface area contributed by atoms with Crippen LogP contribution in [-0.4, -0.2) is 27.3 Å². The molecule has 1 heterocycles. The Kier molecular flexibility index (Phi) is 3.61. The van der Waals surface area contributed by atoms with E-state index in [2.05, 4.69) is 39.9 Å². The van der Waals surface area contributed by atoms with E-state index < -0.39 is 9.76 Å². The third-order valence-corrected chi connectivity index (χ3v) is 4.47. The Balaban J connectivity index is 2.48. The third-order valence-electron chi connectivity index (χ3n) is 2.71. The van der Waals surface area contributed by atoms with Crippen LogP contribution in [0.2, 0.25) is 5.04 Å². The number of hydrogen-bond donors (Lipinski definition) is 1. The Labute approximate surface area is 94.9 Å². The fourth-order valence-corrected chi connectivity index (χ4v) is 2.64. The molecular weight excluding hydrogens is 206 g/mol. The van der Waals surface area contributed by atoms with E-state index >= 15 is 0 Å². The summed E-state index contributed by atoms with van der Waals surface area (Å²) in [5.41, 5.74) is -0.203. The molecule has 1 aliphatic rings. The van der Waals surface area contributed by atoms with Crippen LogP contribution in [0.25, 0.3) is 0 Å². The SMILES string of the molecule is CC(C)(C)[SiH2]OC(C)(C)[C@H]1CCC(=O)N1. The lowest BCUT2D eigenvalue weighted by atomic mass is 9.98. The highest BCUT2D eigenvalue weighted by molar-refractivity contribution is 6.31. The smallest absolute Gasteiger partial charge is 0.220 e. The van der Waals surface area contributed by atoms with Gasteiger partial charge in [0.05, 0.1) is 11.6 Å². The van der Waals surface area contributed by atoms with Gasteiger partial charge in [-0.3, -0.25) is 4.79 Å². The molecule has 1 fully saturated rings. The summed E-state index contributed by atoms with van der Waals surface area (Å²) >= 11 is 0. The Morgan fingerprint density at radius 3 is 2.33 bits per heavy atom. The number of amides is 1. The first kappa shape index (κ1) is 12.7. The van der Waals surface area contributed by atoms with Crippen LogP contribution >= 0.6 is 0 Å². The maximum absolute atomic E-state index is 11.1. The van der Waals surface area contributed by atoms with Crippen LogP contribution in [0.3, 0.4) is 0 Å². The topological polar surface area (TPSA) is 38.3 Å². The number of carbonyl (C=O) groups is 1. The van der Waals surface area contributed by atoms with Crippen LogP contribution in [0.1, 0.15) is 47.5 Å². The molecule has 88 valence electrons. The van der Waals surface area contributed by atoms with Gasteiger partial charge in [-0.05, 0) is 25.3 Å². The quantitative estimate of drug-likeness (QED) is 0.742. The second kappa shape index (κ2) is 4.26. The van der Waals surface area contributed by atoms with Crippen LogP contribution < -0.4 is 5.32 Å². The van der Waals surface area contributed by atoms with Crippen molar-refractivity contribution in [2.24, 2.45) is 0 Å². The number of carbonyl (C=O) groups excluding carboxylic acids is 1. The van der Waals surface area contributed by atoms with Gasteiger partial charge in [-0.2, -0.15) is 0 Å². The number of nitrogens with one attached hydrogen (secondary N) is 1. The summed E-state index contributed by atoms with van der Waals surface area (Å²) in [6, 6.07) is 0.194. The Hall–Kier alpha value is -0.353. The summed E-state index contributed by atoms with van der Waals surface area (Å²) in [4.78, 5) is 11.1.